The van der Waals surface area contributed by atoms with Gasteiger partial charge in [-0.3, -0.25) is 4.79 Å². The van der Waals surface area contributed by atoms with Gasteiger partial charge >= 0.3 is 5.97 Å². The first kappa shape index (κ1) is 33.9. The Morgan fingerprint density at radius 2 is 1.14 bits per heavy atom. The zero-order chi connectivity index (χ0) is 26.4. The van der Waals surface area contributed by atoms with Gasteiger partial charge in [0.05, 0.1) is 21.1 Å². The van der Waals surface area contributed by atoms with Crippen molar-refractivity contribution in [2.75, 3.05) is 27.7 Å². The van der Waals surface area contributed by atoms with Crippen molar-refractivity contribution in [1.29, 1.82) is 0 Å². The number of esters is 1. The van der Waals surface area contributed by atoms with E-state index in [9.17, 15) is 14.7 Å². The highest BCUT2D eigenvalue weighted by atomic mass is 16.5. The number of likely N-dealkylation sites (N-methyl/N-ethyl adjacent to an activating group) is 1. The average molecular weight is 498 g/mol. The molecular formula is C30H59NO4. The molecule has 0 aliphatic carbocycles. The van der Waals surface area contributed by atoms with Crippen molar-refractivity contribution in [3.8, 4) is 0 Å². The Hall–Kier alpha value is -1.10. The number of hydrogen-bond acceptors (Lipinski definition) is 4. The van der Waals surface area contributed by atoms with Crippen molar-refractivity contribution in [1.82, 2.24) is 0 Å². The summed E-state index contributed by atoms with van der Waals surface area (Å²) in [4.78, 5) is 23.0. The van der Waals surface area contributed by atoms with E-state index in [4.69, 9.17) is 4.74 Å². The highest BCUT2D eigenvalue weighted by molar-refractivity contribution is 5.70. The number of aliphatic carboxylic acids is 1. The van der Waals surface area contributed by atoms with E-state index >= 15 is 0 Å². The first-order chi connectivity index (χ1) is 16.6. The Labute approximate surface area is 218 Å². The van der Waals surface area contributed by atoms with E-state index in [1.165, 1.54) is 96.3 Å². The summed E-state index contributed by atoms with van der Waals surface area (Å²) in [6.45, 7) is 5.16. The van der Waals surface area contributed by atoms with E-state index in [1.807, 2.05) is 21.1 Å². The van der Waals surface area contributed by atoms with Crippen LogP contribution in [0.5, 0.6) is 0 Å². The molecule has 0 aliphatic heterocycles. The second-order valence-electron chi connectivity index (χ2n) is 11.9. The third-order valence-electron chi connectivity index (χ3n) is 6.80. The second kappa shape index (κ2) is 22.1. The maximum absolute atomic E-state index is 12.1. The number of nitrogens with zero attached hydrogens (tertiary/aromatic N) is 1. The SMILES string of the molecule is CCCC(C)CCCCCCCCCCCCCCCCCC(=O)OC(CC(=O)[O-])C[N+](C)(C)C. The van der Waals surface area contributed by atoms with Gasteiger partial charge in [0.25, 0.3) is 0 Å². The molecule has 208 valence electrons. The van der Waals surface area contributed by atoms with Crippen molar-refractivity contribution in [3.63, 3.8) is 0 Å². The molecule has 0 aromatic rings. The lowest BCUT2D eigenvalue weighted by atomic mass is 9.98. The smallest absolute Gasteiger partial charge is 0.306 e. The molecule has 0 spiro atoms. The summed E-state index contributed by atoms with van der Waals surface area (Å²) in [5.74, 6) is -0.537. The molecule has 2 unspecified atom stereocenters. The third-order valence-corrected chi connectivity index (χ3v) is 6.80. The molecule has 0 N–H and O–H groups in total. The van der Waals surface area contributed by atoms with Gasteiger partial charge in [0.1, 0.15) is 6.54 Å². The summed E-state index contributed by atoms with van der Waals surface area (Å²) in [5.41, 5.74) is 0. The zero-order valence-electron chi connectivity index (χ0n) is 24.1. The Balaban J connectivity index is 3.47. The molecule has 0 saturated heterocycles. The summed E-state index contributed by atoms with van der Waals surface area (Å²) in [5, 5.41) is 10.9. The van der Waals surface area contributed by atoms with E-state index < -0.39 is 12.1 Å². The summed E-state index contributed by atoms with van der Waals surface area (Å²) in [6, 6.07) is 0. The standard InChI is InChI=1S/C30H59NO4/c1-6-22-27(2)23-20-18-16-14-12-10-8-7-9-11-13-15-17-19-21-24-30(34)35-28(25-29(32)33)26-31(3,4)5/h27-28H,6-26H2,1-5H3. The Morgan fingerprint density at radius 1 is 0.714 bits per heavy atom. The maximum atomic E-state index is 12.1. The largest absolute Gasteiger partial charge is 0.550 e. The van der Waals surface area contributed by atoms with Crippen LogP contribution in [0.2, 0.25) is 0 Å². The molecule has 5 nitrogen and oxygen atoms in total. The van der Waals surface area contributed by atoms with Crippen LogP contribution in [0, 0.1) is 5.92 Å². The van der Waals surface area contributed by atoms with E-state index in [0.29, 0.717) is 17.4 Å². The van der Waals surface area contributed by atoms with Crippen LogP contribution < -0.4 is 5.11 Å². The van der Waals surface area contributed by atoms with Gasteiger partial charge in [0, 0.05) is 18.8 Å². The highest BCUT2D eigenvalue weighted by Crippen LogP contribution is 2.17. The molecule has 0 fully saturated rings. The van der Waals surface area contributed by atoms with Gasteiger partial charge in [0.2, 0.25) is 0 Å². The van der Waals surface area contributed by atoms with E-state index in [2.05, 4.69) is 13.8 Å². The summed E-state index contributed by atoms with van der Waals surface area (Å²) >= 11 is 0. The lowest BCUT2D eigenvalue weighted by Gasteiger charge is -2.29. The van der Waals surface area contributed by atoms with Crippen molar-refractivity contribution >= 4 is 11.9 Å². The molecule has 0 saturated carbocycles. The number of rotatable bonds is 25. The van der Waals surface area contributed by atoms with E-state index in [1.54, 1.807) is 0 Å². The van der Waals surface area contributed by atoms with Crippen LogP contribution >= 0.6 is 0 Å². The number of carbonyl (C=O) groups is 2. The molecule has 0 bridgehead atoms. The van der Waals surface area contributed by atoms with Crippen LogP contribution in [-0.4, -0.2) is 50.2 Å². The quantitative estimate of drug-likeness (QED) is 0.0789. The van der Waals surface area contributed by atoms with Crippen molar-refractivity contribution in [2.45, 2.75) is 148 Å². The monoisotopic (exact) mass is 497 g/mol. The number of ether oxygens (including phenoxy) is 1. The number of quaternary nitrogens is 1. The average Bonchev–Trinajstić information content (AvgIpc) is 2.74. The molecule has 0 radical (unpaired) electrons. The lowest BCUT2D eigenvalue weighted by molar-refractivity contribution is -0.873. The fraction of sp³-hybridized carbons (Fsp3) is 0.933. The molecule has 0 amide bonds. The number of unbranched alkanes of at least 4 members (excludes halogenated alkanes) is 14. The van der Waals surface area contributed by atoms with Crippen molar-refractivity contribution in [2.24, 2.45) is 5.92 Å². The number of carboxylic acids is 1. The van der Waals surface area contributed by atoms with Crippen LogP contribution in [0.1, 0.15) is 142 Å². The minimum Gasteiger partial charge on any atom is -0.550 e. The Morgan fingerprint density at radius 3 is 1.54 bits per heavy atom. The molecule has 35 heavy (non-hydrogen) atoms. The van der Waals surface area contributed by atoms with Crippen LogP contribution in [0.3, 0.4) is 0 Å². The zero-order valence-corrected chi connectivity index (χ0v) is 24.1. The van der Waals surface area contributed by atoms with Crippen molar-refractivity contribution < 1.29 is 23.9 Å². The van der Waals surface area contributed by atoms with Crippen LogP contribution in [0.4, 0.5) is 0 Å². The number of carboxylic acid groups (broad SMARTS) is 1. The first-order valence-electron chi connectivity index (χ1n) is 14.8. The third kappa shape index (κ3) is 25.8. The molecule has 0 heterocycles. The summed E-state index contributed by atoms with van der Waals surface area (Å²) in [7, 11) is 5.86. The van der Waals surface area contributed by atoms with Gasteiger partial charge in [0.15, 0.2) is 6.10 Å². The molecule has 5 heteroatoms. The van der Waals surface area contributed by atoms with Gasteiger partial charge in [-0.2, -0.15) is 0 Å². The Bertz CT molecular complexity index is 515. The van der Waals surface area contributed by atoms with Gasteiger partial charge in [-0.05, 0) is 12.3 Å². The normalized spacial score (nSPS) is 13.5. The number of carbonyl (C=O) groups excluding carboxylic acids is 2. The van der Waals surface area contributed by atoms with Gasteiger partial charge < -0.3 is 19.1 Å². The van der Waals surface area contributed by atoms with Gasteiger partial charge in [-0.25, -0.2) is 0 Å². The fourth-order valence-corrected chi connectivity index (χ4v) is 4.88. The van der Waals surface area contributed by atoms with Crippen LogP contribution in [0.15, 0.2) is 0 Å². The van der Waals surface area contributed by atoms with Gasteiger partial charge in [-0.15, -0.1) is 0 Å². The summed E-state index contributed by atoms with van der Waals surface area (Å²) in [6.07, 6.45) is 23.2. The summed E-state index contributed by atoms with van der Waals surface area (Å²) < 4.78 is 5.95. The molecule has 0 aromatic carbocycles. The first-order valence-corrected chi connectivity index (χ1v) is 14.8. The van der Waals surface area contributed by atoms with Gasteiger partial charge in [-0.1, -0.05) is 123 Å². The molecule has 0 aromatic heterocycles. The molecule has 0 aliphatic rings. The Kier molecular flexibility index (Phi) is 21.4. The molecule has 2 atom stereocenters. The van der Waals surface area contributed by atoms with Crippen LogP contribution in [0.25, 0.3) is 0 Å². The minimum absolute atomic E-state index is 0.236. The minimum atomic E-state index is -1.17. The highest BCUT2D eigenvalue weighted by Gasteiger charge is 2.22. The van der Waals surface area contributed by atoms with Crippen LogP contribution in [-0.2, 0) is 14.3 Å². The topological polar surface area (TPSA) is 66.4 Å². The predicted molar refractivity (Wildman–Crippen MR) is 145 cm³/mol. The van der Waals surface area contributed by atoms with E-state index in [-0.39, 0.29) is 12.4 Å². The molecular weight excluding hydrogens is 438 g/mol. The van der Waals surface area contributed by atoms with E-state index in [0.717, 1.165) is 25.2 Å². The number of hydrogen-bond donors (Lipinski definition) is 0. The molecule has 0 rings (SSSR count). The second-order valence-corrected chi connectivity index (χ2v) is 11.9. The fourth-order valence-electron chi connectivity index (χ4n) is 4.88. The van der Waals surface area contributed by atoms with Crippen molar-refractivity contribution in [3.05, 3.63) is 0 Å². The predicted octanol–water partition coefficient (Wildman–Crippen LogP) is 6.81. The maximum Gasteiger partial charge on any atom is 0.306 e. The lowest BCUT2D eigenvalue weighted by Crippen LogP contribution is -2.45.